The number of carbonyl (C=O) groups is 4. The predicted molar refractivity (Wildman–Crippen MR) is 572 cm³/mol. The predicted octanol–water partition coefficient (Wildman–Crippen LogP) is 19.6. The summed E-state index contributed by atoms with van der Waals surface area (Å²) in [5, 5.41) is 37.2. The SMILES string of the molecule is COC(=O)c1cc(C2CC2)c(O)cc1F.COCC(C)(c1cc(Cl)cc(Cl)c1)N1CCC(CO)CC1.COC[C@@](C)(c1cc(Cl)cc(Cl)c1)N1CCC(COc2cc(F)c(C(=O)NS(C)(=O)=O)cc2C2CC2)CC1.COC[C@@](C)(c1cc(Cl)cc(Cl)c1)N1CCC(COc2cc(F)c(C(=O)O)cc2C2CC2)CC1.COC[C@@](C)(c1cc(Cl)cc(Cl)c1)N1CCC(COc2cc(F)c(C(=O)OC)cc2C2CC2)CC1.CS(N)(=O)=O.[Li+].[OH-]. The molecule has 0 radical (unpaired) electrons. The summed E-state index contributed by atoms with van der Waals surface area (Å²) in [5.74, 6) is -2.82. The quantitative estimate of drug-likeness (QED) is 0.0140. The number of halogens is 12. The summed E-state index contributed by atoms with van der Waals surface area (Å²) in [6.07, 6.45) is 17.0. The van der Waals surface area contributed by atoms with Gasteiger partial charge in [0, 0.05) is 99.5 Å². The zero-order valence-corrected chi connectivity index (χ0v) is 94.4. The van der Waals surface area contributed by atoms with Crippen LogP contribution in [0.1, 0.15) is 240 Å². The van der Waals surface area contributed by atoms with Gasteiger partial charge in [0.2, 0.25) is 20.0 Å². The molecule has 0 spiro atoms. The molecule has 0 aromatic heterocycles. The number of carboxylic acid groups (broad SMARTS) is 1. The number of nitrogens with zero attached hydrogens (tertiary/aromatic N) is 4. The molecule has 1 amide bonds. The Morgan fingerprint density at radius 3 is 0.840 bits per heavy atom. The van der Waals surface area contributed by atoms with Crippen molar-refractivity contribution in [2.75, 3.05) is 160 Å². The van der Waals surface area contributed by atoms with E-state index in [4.69, 9.17) is 131 Å². The third kappa shape index (κ3) is 35.5. The number of piperidine rings is 4. The van der Waals surface area contributed by atoms with Crippen LogP contribution in [0.4, 0.5) is 17.6 Å². The van der Waals surface area contributed by atoms with Crippen molar-refractivity contribution >= 4 is 137 Å². The number of aromatic carboxylic acids is 1. The molecule has 4 atom stereocenters. The second kappa shape index (κ2) is 56.7. The van der Waals surface area contributed by atoms with E-state index in [1.54, 1.807) is 58.8 Å². The molecule has 4 aliphatic carbocycles. The summed E-state index contributed by atoms with van der Waals surface area (Å²) in [7, 11) is 2.27. The van der Waals surface area contributed by atoms with E-state index >= 15 is 0 Å². The minimum Gasteiger partial charge on any atom is -0.870 e. The second-order valence-corrected chi connectivity index (χ2v) is 47.1. The third-order valence-corrected chi connectivity index (χ3v) is 30.9. The van der Waals surface area contributed by atoms with Crippen LogP contribution >= 0.6 is 92.8 Å². The van der Waals surface area contributed by atoms with Crippen molar-refractivity contribution in [3.05, 3.63) is 252 Å². The van der Waals surface area contributed by atoms with Gasteiger partial charge < -0.3 is 63.4 Å². The number of phenolic OH excluding ortho intramolecular Hbond substituents is 1. The first-order valence-electron chi connectivity index (χ1n) is 49.2. The topological polar surface area (TPSA) is 361 Å². The van der Waals surface area contributed by atoms with E-state index in [9.17, 15) is 68.9 Å². The normalized spacial score (nSPS) is 18.2. The first-order valence-corrected chi connectivity index (χ1v) is 56.1. The van der Waals surface area contributed by atoms with Gasteiger partial charge in [-0.2, -0.15) is 0 Å². The molecule has 8 fully saturated rings. The minimum atomic E-state index is -3.80. The van der Waals surface area contributed by atoms with E-state index in [1.165, 1.54) is 50.6 Å². The van der Waals surface area contributed by atoms with E-state index in [0.717, 1.165) is 213 Å². The summed E-state index contributed by atoms with van der Waals surface area (Å²) in [4.78, 5) is 56.3. The van der Waals surface area contributed by atoms with Crippen molar-refractivity contribution < 1.29 is 136 Å². The molecule has 16 rings (SSSR count). The first-order chi connectivity index (χ1) is 70.0. The van der Waals surface area contributed by atoms with Crippen LogP contribution in [0.3, 0.4) is 0 Å². The largest absolute Gasteiger partial charge is 1.00 e. The molecule has 4 saturated heterocycles. The minimum absolute atomic E-state index is 0. The zero-order chi connectivity index (χ0) is 108. The van der Waals surface area contributed by atoms with Crippen LogP contribution in [-0.4, -0.2) is 241 Å². The average Bonchev–Trinajstić information content (AvgIpc) is 1.18. The van der Waals surface area contributed by atoms with Gasteiger partial charge in [0.05, 0.1) is 117 Å². The molecule has 42 heteroatoms. The van der Waals surface area contributed by atoms with Crippen LogP contribution in [0.5, 0.6) is 23.0 Å². The molecule has 4 saturated carbocycles. The molecule has 8 aliphatic rings. The molecule has 27 nitrogen and oxygen atoms in total. The van der Waals surface area contributed by atoms with Crippen LogP contribution in [0.2, 0.25) is 40.2 Å². The van der Waals surface area contributed by atoms with Gasteiger partial charge in [-0.3, -0.25) is 24.4 Å². The Morgan fingerprint density at radius 2 is 0.600 bits per heavy atom. The first kappa shape index (κ1) is 126. The molecule has 7 N–H and O–H groups in total. The van der Waals surface area contributed by atoms with Crippen LogP contribution in [0, 0.1) is 46.9 Å². The van der Waals surface area contributed by atoms with Crippen molar-refractivity contribution in [2.45, 2.75) is 176 Å². The number of aliphatic hydroxyl groups excluding tert-OH is 1. The molecule has 150 heavy (non-hydrogen) atoms. The van der Waals surface area contributed by atoms with Gasteiger partial charge in [-0.05, 0) is 372 Å². The number of carboxylic acids is 1. The maximum Gasteiger partial charge on any atom is 1.00 e. The summed E-state index contributed by atoms with van der Waals surface area (Å²) in [5.41, 5.74) is 5.07. The Balaban J connectivity index is 0.000000210. The van der Waals surface area contributed by atoms with E-state index in [2.05, 4.69) is 57.2 Å². The number of ether oxygens (including phenoxy) is 9. The fourth-order valence-electron chi connectivity index (χ4n) is 19.6. The Morgan fingerprint density at radius 1 is 0.373 bits per heavy atom. The summed E-state index contributed by atoms with van der Waals surface area (Å²) < 4.78 is 150. The van der Waals surface area contributed by atoms with Gasteiger partial charge >= 0.3 is 36.8 Å². The van der Waals surface area contributed by atoms with Crippen molar-refractivity contribution in [1.29, 1.82) is 0 Å². The number of benzene rings is 8. The van der Waals surface area contributed by atoms with Gasteiger partial charge in [0.15, 0.2) is 0 Å². The van der Waals surface area contributed by atoms with Gasteiger partial charge in [0.25, 0.3) is 5.91 Å². The fraction of sp³-hybridized carbons (Fsp3) is 0.519. The number of aliphatic hydroxyl groups is 1. The summed E-state index contributed by atoms with van der Waals surface area (Å²) in [6.45, 7) is 19.3. The Labute approximate surface area is 929 Å². The number of aromatic hydroxyl groups is 1. The van der Waals surface area contributed by atoms with Crippen molar-refractivity contribution in [2.24, 2.45) is 28.8 Å². The number of nitrogens with one attached hydrogen (secondary N) is 1. The van der Waals surface area contributed by atoms with E-state index in [1.807, 2.05) is 53.3 Å². The number of amides is 1. The number of carbonyl (C=O) groups excluding carboxylic acids is 3. The summed E-state index contributed by atoms with van der Waals surface area (Å²) in [6, 6.07) is 33.1. The number of nitrogens with two attached hydrogens (primary N) is 1. The van der Waals surface area contributed by atoms with Crippen molar-refractivity contribution in [3.63, 3.8) is 0 Å². The maximum absolute atomic E-state index is 14.8. The number of rotatable bonds is 35. The number of sulfonamides is 2. The number of methoxy groups -OCH3 is 6. The van der Waals surface area contributed by atoms with E-state index in [-0.39, 0.29) is 99.2 Å². The molecule has 820 valence electrons. The number of esters is 2. The van der Waals surface area contributed by atoms with Crippen LogP contribution in [0.15, 0.2) is 121 Å². The molecule has 8 aromatic carbocycles. The molecular weight excluding hydrogens is 2150 g/mol. The average molecular weight is 2280 g/mol. The number of likely N-dealkylation sites (tertiary alicyclic amines) is 4. The third-order valence-electron chi connectivity index (χ3n) is 28.6. The van der Waals surface area contributed by atoms with Crippen molar-refractivity contribution in [1.82, 2.24) is 24.3 Å². The van der Waals surface area contributed by atoms with Gasteiger partial charge in [-0.25, -0.2) is 58.6 Å². The van der Waals surface area contributed by atoms with Crippen molar-refractivity contribution in [3.8, 4) is 23.0 Å². The van der Waals surface area contributed by atoms with Gasteiger partial charge in [0.1, 0.15) is 46.3 Å². The second-order valence-electron chi connectivity index (χ2n) is 40.2. The number of hydrogen-bond acceptors (Lipinski definition) is 24. The summed E-state index contributed by atoms with van der Waals surface area (Å²) >= 11 is 50.0. The van der Waals surface area contributed by atoms with E-state index in [0.29, 0.717) is 133 Å². The Bertz CT molecular complexity index is 6090. The molecule has 4 heterocycles. The van der Waals surface area contributed by atoms with E-state index < -0.39 is 72.7 Å². The molecule has 8 aromatic rings. The molecular formula is C108H135Cl8F4LiN6O21S2. The monoisotopic (exact) mass is 2280 g/mol. The molecule has 4 aliphatic heterocycles. The Kier molecular flexibility index (Phi) is 47.8. The van der Waals surface area contributed by atoms with Gasteiger partial charge in [-0.1, -0.05) is 92.8 Å². The standard InChI is InChI=1S/C27H33Cl2FN2O5S.C27H32Cl2FNO4.C26H30Cl2FNO4.C16H23Cl2NO2.C11H11FO3.CH5NO2S.Li.H2O/c1-27(16-36-2,19-10-20(28)12-21(29)11-19)32-8-6-17(7-9-32)15-37-25-14-24(30)23(13-22(25)18-4-5-18)26(33)31-38(3,34)35;1-27(16-33-2,19-10-20(28)12-21(29)11-19)31-8-6-17(7-9-31)15-35-25-14-24(30)23(26(32)34-3)13-22(25)18-4-5-18;1-26(15-33-2,18-9-19(27)11-20(28)10-18)30-7-5-16(6-8-30)14-34-24-13-23(29)22(25(31)32)12-21(24)17-3-4-17;1-16(11-21-2,13-7-14(17)9-15(18)8-13)19-5-3-12(10-20)4-6-19;1-15-11(14)8-4-7(6-2-3-6)10(13)5-9(8)12;1-5(2,3)4;;/h10-14,17-18H,4-9,15-16H2,1-3H3,(H,31,33);10-14,17-18H,4-9,15-16H2,1-3H3;9-13,16-17H,3-8,14-15H2,1-2H3,(H,31,32);7-9,12,20H,3-6,10-11H2,1-2H3;4-6,13H,2-3H2,1H3;1H3,(H2,2,3,4);;1H2/q;;;;;;+1;/p-1/t2*27-;26-;;;;;/m000...../s1. The van der Waals surface area contributed by atoms with Crippen LogP contribution in [-0.2, 0) is 70.6 Å². The van der Waals surface area contributed by atoms with Crippen LogP contribution in [0.25, 0.3) is 0 Å². The van der Waals surface area contributed by atoms with Gasteiger partial charge in [-0.15, -0.1) is 0 Å². The van der Waals surface area contributed by atoms with Crippen LogP contribution < -0.4 is 42.9 Å². The number of hydrogen-bond donors (Lipinski definition) is 5. The zero-order valence-electron chi connectivity index (χ0n) is 86.7. The molecule has 0 bridgehead atoms. The number of phenols is 1. The molecule has 1 unspecified atom stereocenters. The Hall–Kier alpha value is -7.06. The maximum atomic E-state index is 14.8. The smallest absolute Gasteiger partial charge is 0.870 e. The number of primary sulfonamides is 1. The fourth-order valence-corrected chi connectivity index (χ4v) is 22.2.